The highest BCUT2D eigenvalue weighted by molar-refractivity contribution is 7.90. The van der Waals surface area contributed by atoms with Crippen molar-refractivity contribution < 1.29 is 22.0 Å². The van der Waals surface area contributed by atoms with E-state index in [2.05, 4.69) is 4.98 Å². The standard InChI is InChI=1S/C25H18F2N2O3S2/c1-29-13-17-10-15(2-4-20(17)25(29)30)22-5-6-23(33-22)16-8-9-28-19(11-16)14-34(31,32)24-7-3-18(26)12-21(24)27/h2-12H,13-14H2,1H3. The Morgan fingerprint density at radius 3 is 2.44 bits per heavy atom. The van der Waals surface area contributed by atoms with Gasteiger partial charge >= 0.3 is 0 Å². The summed E-state index contributed by atoms with van der Waals surface area (Å²) in [6.45, 7) is 0.580. The second-order valence-electron chi connectivity index (χ2n) is 8.07. The summed E-state index contributed by atoms with van der Waals surface area (Å²) in [7, 11) is -2.27. The number of hydrogen-bond acceptors (Lipinski definition) is 5. The number of pyridine rings is 1. The van der Waals surface area contributed by atoms with Crippen LogP contribution in [0.25, 0.3) is 20.9 Å². The van der Waals surface area contributed by atoms with Crippen LogP contribution in [-0.2, 0) is 22.1 Å². The highest BCUT2D eigenvalue weighted by atomic mass is 32.2. The van der Waals surface area contributed by atoms with Crippen LogP contribution < -0.4 is 0 Å². The summed E-state index contributed by atoms with van der Waals surface area (Å²) >= 11 is 1.54. The molecule has 172 valence electrons. The lowest BCUT2D eigenvalue weighted by molar-refractivity contribution is 0.0816. The van der Waals surface area contributed by atoms with E-state index in [4.69, 9.17) is 0 Å². The number of aromatic nitrogens is 1. The number of thiophene rings is 1. The van der Waals surface area contributed by atoms with Gasteiger partial charge in [-0.1, -0.05) is 6.07 Å². The van der Waals surface area contributed by atoms with Gasteiger partial charge in [0.25, 0.3) is 5.91 Å². The van der Waals surface area contributed by atoms with E-state index in [0.717, 1.165) is 44.1 Å². The predicted octanol–water partition coefficient (Wildman–Crippen LogP) is 5.31. The van der Waals surface area contributed by atoms with Crippen molar-refractivity contribution in [1.29, 1.82) is 0 Å². The quantitative estimate of drug-likeness (QED) is 0.351. The first-order chi connectivity index (χ1) is 16.2. The van der Waals surface area contributed by atoms with E-state index in [1.807, 2.05) is 30.3 Å². The second kappa shape index (κ2) is 8.41. The number of rotatable bonds is 5. The maximum absolute atomic E-state index is 14.0. The summed E-state index contributed by atoms with van der Waals surface area (Å²) in [6.07, 6.45) is 1.51. The number of fused-ring (bicyclic) bond motifs is 1. The van der Waals surface area contributed by atoms with Crippen LogP contribution in [0.3, 0.4) is 0 Å². The molecule has 2 aromatic heterocycles. The molecule has 0 spiro atoms. The summed E-state index contributed by atoms with van der Waals surface area (Å²) in [5.74, 6) is -2.45. The van der Waals surface area contributed by atoms with Crippen LogP contribution in [0.1, 0.15) is 21.6 Å². The number of benzene rings is 2. The Morgan fingerprint density at radius 2 is 1.71 bits per heavy atom. The molecule has 34 heavy (non-hydrogen) atoms. The molecular weight excluding hydrogens is 478 g/mol. The fraction of sp³-hybridized carbons (Fsp3) is 0.120. The third-order valence-electron chi connectivity index (χ3n) is 5.65. The van der Waals surface area contributed by atoms with E-state index < -0.39 is 32.1 Å². The molecule has 0 radical (unpaired) electrons. The largest absolute Gasteiger partial charge is 0.337 e. The summed E-state index contributed by atoms with van der Waals surface area (Å²) < 4.78 is 52.6. The smallest absolute Gasteiger partial charge is 0.254 e. The first kappa shape index (κ1) is 22.4. The summed E-state index contributed by atoms with van der Waals surface area (Å²) in [6, 6.07) is 15.5. The van der Waals surface area contributed by atoms with Crippen molar-refractivity contribution in [3.63, 3.8) is 0 Å². The molecule has 2 aromatic carbocycles. The fourth-order valence-electron chi connectivity index (χ4n) is 3.98. The fourth-order valence-corrected chi connectivity index (χ4v) is 6.31. The van der Waals surface area contributed by atoms with Crippen molar-refractivity contribution in [2.75, 3.05) is 7.05 Å². The van der Waals surface area contributed by atoms with Gasteiger partial charge < -0.3 is 4.90 Å². The van der Waals surface area contributed by atoms with Crippen molar-refractivity contribution in [2.24, 2.45) is 0 Å². The van der Waals surface area contributed by atoms with Crippen molar-refractivity contribution in [3.8, 4) is 20.9 Å². The van der Waals surface area contributed by atoms with Crippen molar-refractivity contribution >= 4 is 27.1 Å². The number of nitrogens with zero attached hydrogens (tertiary/aromatic N) is 2. The van der Waals surface area contributed by atoms with E-state index in [1.54, 1.807) is 24.1 Å². The van der Waals surface area contributed by atoms with Gasteiger partial charge in [-0.05, 0) is 65.2 Å². The highest BCUT2D eigenvalue weighted by Gasteiger charge is 2.25. The normalized spacial score (nSPS) is 13.4. The Balaban J connectivity index is 1.41. The first-order valence-electron chi connectivity index (χ1n) is 10.3. The van der Waals surface area contributed by atoms with Crippen molar-refractivity contribution in [3.05, 3.63) is 95.3 Å². The van der Waals surface area contributed by atoms with Crippen LogP contribution in [0, 0.1) is 11.6 Å². The zero-order valence-corrected chi connectivity index (χ0v) is 19.6. The number of sulfone groups is 1. The molecule has 0 saturated heterocycles. The molecule has 1 aliphatic rings. The third-order valence-corrected chi connectivity index (χ3v) is 8.51. The molecular formula is C25H18F2N2O3S2. The van der Waals surface area contributed by atoms with E-state index in [1.165, 1.54) is 17.5 Å². The minimum atomic E-state index is -4.04. The van der Waals surface area contributed by atoms with Crippen LogP contribution in [0.2, 0.25) is 0 Å². The van der Waals surface area contributed by atoms with Crippen LogP contribution >= 0.6 is 11.3 Å². The average Bonchev–Trinajstić information content (AvgIpc) is 3.38. The van der Waals surface area contributed by atoms with E-state index in [0.29, 0.717) is 12.6 Å². The molecule has 5 rings (SSSR count). The number of carbonyl (C=O) groups is 1. The lowest BCUT2D eigenvalue weighted by atomic mass is 10.1. The van der Waals surface area contributed by atoms with Gasteiger partial charge in [0.15, 0.2) is 9.84 Å². The molecule has 0 aliphatic carbocycles. The maximum Gasteiger partial charge on any atom is 0.254 e. The summed E-state index contributed by atoms with van der Waals surface area (Å²) in [4.78, 5) is 19.3. The Labute approximate surface area is 199 Å². The van der Waals surface area contributed by atoms with E-state index in [-0.39, 0.29) is 11.6 Å². The molecule has 0 fully saturated rings. The molecule has 1 amide bonds. The number of hydrogen-bond donors (Lipinski definition) is 0. The van der Waals surface area contributed by atoms with Crippen LogP contribution in [0.5, 0.6) is 0 Å². The number of amides is 1. The van der Waals surface area contributed by atoms with Gasteiger partial charge in [0.2, 0.25) is 0 Å². The third kappa shape index (κ3) is 4.12. The summed E-state index contributed by atoms with van der Waals surface area (Å²) in [5.41, 5.74) is 3.76. The van der Waals surface area contributed by atoms with Crippen LogP contribution in [-0.4, -0.2) is 31.3 Å². The van der Waals surface area contributed by atoms with Gasteiger partial charge in [0.1, 0.15) is 16.5 Å². The van der Waals surface area contributed by atoms with Gasteiger partial charge in [-0.25, -0.2) is 17.2 Å². The Bertz CT molecular complexity index is 1550. The Hall–Kier alpha value is -3.43. The Morgan fingerprint density at radius 1 is 0.971 bits per heavy atom. The predicted molar refractivity (Wildman–Crippen MR) is 126 cm³/mol. The lowest BCUT2D eigenvalue weighted by Crippen LogP contribution is -2.17. The van der Waals surface area contributed by atoms with Gasteiger partial charge in [0.05, 0.1) is 11.4 Å². The number of halogens is 2. The molecule has 4 aromatic rings. The molecule has 0 atom stereocenters. The van der Waals surface area contributed by atoms with Gasteiger partial charge in [-0.15, -0.1) is 11.3 Å². The molecule has 0 bridgehead atoms. The van der Waals surface area contributed by atoms with Gasteiger partial charge in [0, 0.05) is 41.2 Å². The minimum absolute atomic E-state index is 0.0215. The SMILES string of the molecule is CN1Cc2cc(-c3ccc(-c4ccnc(CS(=O)(=O)c5ccc(F)cc5F)c4)s3)ccc2C1=O. The maximum atomic E-state index is 14.0. The monoisotopic (exact) mass is 496 g/mol. The molecule has 0 N–H and O–H groups in total. The summed E-state index contributed by atoms with van der Waals surface area (Å²) in [5, 5.41) is 0. The van der Waals surface area contributed by atoms with Gasteiger partial charge in [-0.3, -0.25) is 9.78 Å². The zero-order valence-electron chi connectivity index (χ0n) is 18.0. The molecule has 3 heterocycles. The minimum Gasteiger partial charge on any atom is -0.337 e. The lowest BCUT2D eigenvalue weighted by Gasteiger charge is -2.07. The van der Waals surface area contributed by atoms with E-state index in [9.17, 15) is 22.0 Å². The zero-order chi connectivity index (χ0) is 24.0. The molecule has 0 unspecified atom stereocenters. The molecule has 5 nitrogen and oxygen atoms in total. The van der Waals surface area contributed by atoms with E-state index >= 15 is 0 Å². The first-order valence-corrected chi connectivity index (χ1v) is 12.8. The van der Waals surface area contributed by atoms with Crippen molar-refractivity contribution in [1.82, 2.24) is 9.88 Å². The molecule has 1 aliphatic heterocycles. The van der Waals surface area contributed by atoms with Crippen molar-refractivity contribution in [2.45, 2.75) is 17.2 Å². The average molecular weight is 497 g/mol. The second-order valence-corrected chi connectivity index (χ2v) is 11.1. The molecule has 9 heteroatoms. The van der Waals surface area contributed by atoms with Crippen LogP contribution in [0.4, 0.5) is 8.78 Å². The highest BCUT2D eigenvalue weighted by Crippen LogP contribution is 2.36. The molecule has 0 saturated carbocycles. The Kier molecular flexibility index (Phi) is 5.53. The van der Waals surface area contributed by atoms with Crippen LogP contribution in [0.15, 0.2) is 71.8 Å². The van der Waals surface area contributed by atoms with Gasteiger partial charge in [-0.2, -0.15) is 0 Å². The number of carbonyl (C=O) groups excluding carboxylic acids is 1. The topological polar surface area (TPSA) is 67.3 Å².